The summed E-state index contributed by atoms with van der Waals surface area (Å²) >= 11 is 0. The molecule has 1 atom stereocenters. The molecular weight excluding hydrogens is 280 g/mol. The lowest BCUT2D eigenvalue weighted by atomic mass is 9.73. The van der Waals surface area contributed by atoms with Crippen LogP contribution < -0.4 is 5.32 Å². The quantitative estimate of drug-likeness (QED) is 0.843. The Balaban J connectivity index is 1.72. The van der Waals surface area contributed by atoms with Crippen molar-refractivity contribution in [3.63, 3.8) is 0 Å². The minimum absolute atomic E-state index is 0.154. The van der Waals surface area contributed by atoms with E-state index in [1.54, 1.807) is 10.9 Å². The Bertz CT molecular complexity index is 488. The second kappa shape index (κ2) is 7.22. The number of aromatic nitrogens is 3. The number of amides is 1. The summed E-state index contributed by atoms with van der Waals surface area (Å²) in [6.45, 7) is 7.56. The third-order valence-electron chi connectivity index (χ3n) is 4.63. The molecule has 0 aromatic carbocycles. The highest BCUT2D eigenvalue weighted by Crippen LogP contribution is 2.37. The summed E-state index contributed by atoms with van der Waals surface area (Å²) in [5, 5.41) is 20.6. The van der Waals surface area contributed by atoms with E-state index in [0.29, 0.717) is 30.6 Å². The third kappa shape index (κ3) is 4.53. The van der Waals surface area contributed by atoms with Crippen LogP contribution in [0.2, 0.25) is 0 Å². The molecule has 0 bridgehead atoms. The van der Waals surface area contributed by atoms with Gasteiger partial charge in [-0.3, -0.25) is 9.48 Å². The van der Waals surface area contributed by atoms with E-state index in [1.807, 2.05) is 6.92 Å². The van der Waals surface area contributed by atoms with Gasteiger partial charge in [-0.1, -0.05) is 26.0 Å². The van der Waals surface area contributed by atoms with Gasteiger partial charge in [-0.25, -0.2) is 0 Å². The smallest absolute Gasteiger partial charge is 0.223 e. The van der Waals surface area contributed by atoms with Crippen LogP contribution in [0.25, 0.3) is 0 Å². The number of aliphatic hydroxyl groups excluding tert-OH is 1. The van der Waals surface area contributed by atoms with Crippen LogP contribution in [0.1, 0.15) is 64.7 Å². The molecule has 1 unspecified atom stereocenters. The topological polar surface area (TPSA) is 80.0 Å². The lowest BCUT2D eigenvalue weighted by Gasteiger charge is -2.33. The molecular formula is C16H28N4O2. The van der Waals surface area contributed by atoms with Crippen molar-refractivity contribution in [2.75, 3.05) is 6.54 Å². The molecule has 1 heterocycles. The average molecular weight is 308 g/mol. The van der Waals surface area contributed by atoms with Gasteiger partial charge in [0.1, 0.15) is 5.69 Å². The molecule has 124 valence electrons. The lowest BCUT2D eigenvalue weighted by Crippen LogP contribution is -2.36. The predicted octanol–water partition coefficient (Wildman–Crippen LogP) is 2.05. The number of nitrogens with zero attached hydrogens (tertiary/aromatic N) is 3. The van der Waals surface area contributed by atoms with Crippen molar-refractivity contribution in [3.05, 3.63) is 11.9 Å². The predicted molar refractivity (Wildman–Crippen MR) is 84.0 cm³/mol. The average Bonchev–Trinajstić information content (AvgIpc) is 2.95. The zero-order valence-electron chi connectivity index (χ0n) is 13.9. The summed E-state index contributed by atoms with van der Waals surface area (Å²) in [5.41, 5.74) is 0.969. The van der Waals surface area contributed by atoms with Gasteiger partial charge in [0.05, 0.1) is 18.8 Å². The molecule has 0 radical (unpaired) electrons. The molecule has 22 heavy (non-hydrogen) atoms. The zero-order valence-corrected chi connectivity index (χ0v) is 13.9. The maximum atomic E-state index is 12.2. The molecule has 1 saturated carbocycles. The minimum Gasteiger partial charge on any atom is -0.387 e. The SMILES string of the molecule is CCC(O)c1cn(CCNC(=O)C2CCC(C)(C)CC2)nn1. The van der Waals surface area contributed by atoms with Crippen molar-refractivity contribution in [2.45, 2.75) is 65.5 Å². The van der Waals surface area contributed by atoms with Gasteiger partial charge < -0.3 is 10.4 Å². The summed E-state index contributed by atoms with van der Waals surface area (Å²) < 4.78 is 1.67. The van der Waals surface area contributed by atoms with E-state index in [0.717, 1.165) is 25.7 Å². The standard InChI is InChI=1S/C16H28N4O2/c1-4-14(21)13-11-20(19-18-13)10-9-17-15(22)12-5-7-16(2,3)8-6-12/h11-12,14,21H,4-10H2,1-3H3,(H,17,22). The molecule has 6 heteroatoms. The van der Waals surface area contributed by atoms with Gasteiger partial charge >= 0.3 is 0 Å². The van der Waals surface area contributed by atoms with E-state index >= 15 is 0 Å². The molecule has 1 aliphatic rings. The largest absolute Gasteiger partial charge is 0.387 e. The van der Waals surface area contributed by atoms with Gasteiger partial charge in [-0.2, -0.15) is 0 Å². The van der Waals surface area contributed by atoms with E-state index < -0.39 is 6.10 Å². The number of carbonyl (C=O) groups is 1. The molecule has 1 fully saturated rings. The second-order valence-electron chi connectivity index (χ2n) is 7.06. The van der Waals surface area contributed by atoms with Crippen LogP contribution >= 0.6 is 0 Å². The number of rotatable bonds is 6. The molecule has 0 spiro atoms. The van der Waals surface area contributed by atoms with E-state index in [1.165, 1.54) is 0 Å². The summed E-state index contributed by atoms with van der Waals surface area (Å²) in [5.74, 6) is 0.311. The number of hydrogen-bond donors (Lipinski definition) is 2. The van der Waals surface area contributed by atoms with Crippen molar-refractivity contribution in [1.29, 1.82) is 0 Å². The van der Waals surface area contributed by atoms with Crippen LogP contribution in [0, 0.1) is 11.3 Å². The monoisotopic (exact) mass is 308 g/mol. The van der Waals surface area contributed by atoms with Crippen LogP contribution in [0.3, 0.4) is 0 Å². The Hall–Kier alpha value is -1.43. The van der Waals surface area contributed by atoms with Crippen molar-refractivity contribution < 1.29 is 9.90 Å². The molecule has 2 rings (SSSR count). The van der Waals surface area contributed by atoms with Crippen molar-refractivity contribution in [3.8, 4) is 0 Å². The highest BCUT2D eigenvalue weighted by molar-refractivity contribution is 5.78. The molecule has 0 saturated heterocycles. The molecule has 1 amide bonds. The first-order valence-corrected chi connectivity index (χ1v) is 8.27. The number of hydrogen-bond acceptors (Lipinski definition) is 4. The number of aliphatic hydroxyl groups is 1. The number of nitrogens with one attached hydrogen (secondary N) is 1. The Morgan fingerprint density at radius 2 is 2.18 bits per heavy atom. The fourth-order valence-corrected chi connectivity index (χ4v) is 2.88. The van der Waals surface area contributed by atoms with E-state index in [4.69, 9.17) is 0 Å². The normalized spacial score (nSPS) is 19.8. The van der Waals surface area contributed by atoms with Crippen molar-refractivity contribution >= 4 is 5.91 Å². The molecule has 1 aromatic heterocycles. The molecule has 2 N–H and O–H groups in total. The molecule has 6 nitrogen and oxygen atoms in total. The summed E-state index contributed by atoms with van der Waals surface area (Å²) in [4.78, 5) is 12.2. The second-order valence-corrected chi connectivity index (χ2v) is 7.06. The van der Waals surface area contributed by atoms with Gasteiger partial charge in [0.15, 0.2) is 0 Å². The first-order valence-electron chi connectivity index (χ1n) is 8.27. The van der Waals surface area contributed by atoms with Crippen LogP contribution in [0.4, 0.5) is 0 Å². The van der Waals surface area contributed by atoms with Gasteiger partial charge in [-0.05, 0) is 37.5 Å². The van der Waals surface area contributed by atoms with Gasteiger partial charge in [0, 0.05) is 12.5 Å². The number of carbonyl (C=O) groups excluding carboxylic acids is 1. The van der Waals surface area contributed by atoms with E-state index in [-0.39, 0.29) is 11.8 Å². The Kier molecular flexibility index (Phi) is 5.56. The summed E-state index contributed by atoms with van der Waals surface area (Å²) in [6, 6.07) is 0. The first-order chi connectivity index (χ1) is 10.4. The molecule has 0 aliphatic heterocycles. The maximum Gasteiger partial charge on any atom is 0.223 e. The van der Waals surface area contributed by atoms with Crippen molar-refractivity contribution in [1.82, 2.24) is 20.3 Å². The first kappa shape index (κ1) is 16.9. The van der Waals surface area contributed by atoms with E-state index in [2.05, 4.69) is 29.5 Å². The fraction of sp³-hybridized carbons (Fsp3) is 0.812. The fourth-order valence-electron chi connectivity index (χ4n) is 2.88. The molecule has 1 aliphatic carbocycles. The van der Waals surface area contributed by atoms with Crippen LogP contribution in [0.15, 0.2) is 6.20 Å². The van der Waals surface area contributed by atoms with Gasteiger partial charge in [-0.15, -0.1) is 5.10 Å². The van der Waals surface area contributed by atoms with Crippen LogP contribution in [0.5, 0.6) is 0 Å². The summed E-state index contributed by atoms with van der Waals surface area (Å²) in [6.07, 6.45) is 5.99. The summed E-state index contributed by atoms with van der Waals surface area (Å²) in [7, 11) is 0. The van der Waals surface area contributed by atoms with Crippen LogP contribution in [-0.2, 0) is 11.3 Å². The van der Waals surface area contributed by atoms with Crippen molar-refractivity contribution in [2.24, 2.45) is 11.3 Å². The van der Waals surface area contributed by atoms with Crippen LogP contribution in [-0.4, -0.2) is 32.6 Å². The van der Waals surface area contributed by atoms with E-state index in [9.17, 15) is 9.90 Å². The highest BCUT2D eigenvalue weighted by Gasteiger charge is 2.30. The third-order valence-corrected chi connectivity index (χ3v) is 4.63. The highest BCUT2D eigenvalue weighted by atomic mass is 16.3. The Labute approximate surface area is 132 Å². The minimum atomic E-state index is -0.561. The van der Waals surface area contributed by atoms with Gasteiger partial charge in [0.2, 0.25) is 5.91 Å². The van der Waals surface area contributed by atoms with Gasteiger partial charge in [0.25, 0.3) is 0 Å². The Morgan fingerprint density at radius 3 is 2.82 bits per heavy atom. The Morgan fingerprint density at radius 1 is 1.50 bits per heavy atom. The zero-order chi connectivity index (χ0) is 16.2. The maximum absolute atomic E-state index is 12.2. The lowest BCUT2D eigenvalue weighted by molar-refractivity contribution is -0.126. The molecule has 1 aromatic rings.